The molecule has 0 bridgehead atoms. The fourth-order valence-electron chi connectivity index (χ4n) is 3.67. The quantitative estimate of drug-likeness (QED) is 0.536. The van der Waals surface area contributed by atoms with E-state index in [1.807, 2.05) is 36.4 Å². The van der Waals surface area contributed by atoms with Gasteiger partial charge in [0.15, 0.2) is 0 Å². The Bertz CT molecular complexity index is 1080. The predicted molar refractivity (Wildman–Crippen MR) is 116 cm³/mol. The highest BCUT2D eigenvalue weighted by Gasteiger charge is 2.29. The van der Waals surface area contributed by atoms with Crippen molar-refractivity contribution in [2.75, 3.05) is 11.1 Å². The first-order valence-corrected chi connectivity index (χ1v) is 9.43. The number of nitrogen functional groups attached to an aromatic ring is 1. The second kappa shape index (κ2) is 7.28. The van der Waals surface area contributed by atoms with Gasteiger partial charge in [-0.05, 0) is 43.8 Å². The molecule has 0 unspecified atom stereocenters. The van der Waals surface area contributed by atoms with E-state index < -0.39 is 0 Å². The van der Waals surface area contributed by atoms with E-state index in [1.165, 1.54) is 5.56 Å². The van der Waals surface area contributed by atoms with Crippen molar-refractivity contribution in [2.45, 2.75) is 26.1 Å². The van der Waals surface area contributed by atoms with E-state index in [-0.39, 0.29) is 6.71 Å². The van der Waals surface area contributed by atoms with E-state index in [0.717, 1.165) is 47.0 Å². The maximum Gasteiger partial charge on any atom is 0.275 e. The minimum absolute atomic E-state index is 0.00353. The highest BCUT2D eigenvalue weighted by molar-refractivity contribution is 6.66. The smallest absolute Gasteiger partial charge is 0.275 e. The lowest BCUT2D eigenvalue weighted by Crippen LogP contribution is -2.26. The van der Waals surface area contributed by atoms with Crippen LogP contribution in [-0.4, -0.2) is 16.3 Å². The molecular weight excluding hydrogens is 345 g/mol. The summed E-state index contributed by atoms with van der Waals surface area (Å²) in [7, 11) is 0. The van der Waals surface area contributed by atoms with Crippen LogP contribution in [-0.2, 0) is 12.9 Å². The van der Waals surface area contributed by atoms with Crippen LogP contribution in [0.5, 0.6) is 0 Å². The Morgan fingerprint density at radius 3 is 2.79 bits per heavy atom. The summed E-state index contributed by atoms with van der Waals surface area (Å²) < 4.78 is 2.21. The van der Waals surface area contributed by atoms with Crippen molar-refractivity contribution in [1.29, 1.82) is 5.26 Å². The molecule has 3 aromatic rings. The van der Waals surface area contributed by atoms with Crippen molar-refractivity contribution in [2.24, 2.45) is 0 Å². The Labute approximate surface area is 165 Å². The molecule has 5 nitrogen and oxygen atoms in total. The molecule has 4 rings (SSSR count). The van der Waals surface area contributed by atoms with Gasteiger partial charge < -0.3 is 15.6 Å². The summed E-state index contributed by atoms with van der Waals surface area (Å²) in [6.45, 7) is 7.06. The number of anilines is 2. The third-order valence-electron chi connectivity index (χ3n) is 5.17. The molecule has 0 saturated carbocycles. The van der Waals surface area contributed by atoms with Crippen LogP contribution >= 0.6 is 0 Å². The Hall–Kier alpha value is -3.46. The molecule has 138 valence electrons. The SMILES string of the molecule is C=C(Nc1ccc(C)cc1)c1nc(-c2cccc(N)c2)n2c1CB(C#N)CC2. The number of nitrogens with one attached hydrogen (secondary N) is 1. The van der Waals surface area contributed by atoms with Crippen LogP contribution in [0, 0.1) is 18.2 Å². The molecule has 3 N–H and O–H groups in total. The van der Waals surface area contributed by atoms with E-state index >= 15 is 0 Å². The van der Waals surface area contributed by atoms with Gasteiger partial charge >= 0.3 is 0 Å². The first kappa shape index (κ1) is 17.9. The van der Waals surface area contributed by atoms with E-state index in [1.54, 1.807) is 0 Å². The third-order valence-corrected chi connectivity index (χ3v) is 5.17. The average molecular weight is 367 g/mol. The Balaban J connectivity index is 1.75. The maximum absolute atomic E-state index is 9.43. The molecule has 0 aliphatic carbocycles. The van der Waals surface area contributed by atoms with Crippen LogP contribution in [0.1, 0.15) is 17.0 Å². The molecule has 0 fully saturated rings. The van der Waals surface area contributed by atoms with Crippen LogP contribution in [0.15, 0.2) is 55.1 Å². The van der Waals surface area contributed by atoms with E-state index in [2.05, 4.69) is 41.5 Å². The molecule has 0 saturated heterocycles. The Morgan fingerprint density at radius 1 is 1.29 bits per heavy atom. The van der Waals surface area contributed by atoms with Crippen LogP contribution in [0.3, 0.4) is 0 Å². The summed E-state index contributed by atoms with van der Waals surface area (Å²) in [4.78, 5) is 4.92. The summed E-state index contributed by atoms with van der Waals surface area (Å²) in [5.74, 6) is 3.29. The summed E-state index contributed by atoms with van der Waals surface area (Å²) in [5, 5.41) is 12.8. The largest absolute Gasteiger partial charge is 0.399 e. The van der Waals surface area contributed by atoms with Gasteiger partial charge in [-0.25, -0.2) is 10.2 Å². The molecule has 1 aliphatic rings. The highest BCUT2D eigenvalue weighted by atomic mass is 15.1. The first-order chi connectivity index (χ1) is 13.5. The van der Waals surface area contributed by atoms with E-state index in [0.29, 0.717) is 12.0 Å². The Kier molecular flexibility index (Phi) is 4.66. The van der Waals surface area contributed by atoms with Crippen molar-refractivity contribution in [3.05, 3.63) is 72.1 Å². The van der Waals surface area contributed by atoms with Crippen molar-refractivity contribution >= 4 is 23.8 Å². The molecule has 1 aromatic heterocycles. The zero-order chi connectivity index (χ0) is 19.7. The molecule has 28 heavy (non-hydrogen) atoms. The normalized spacial score (nSPS) is 12.9. The summed E-state index contributed by atoms with van der Waals surface area (Å²) >= 11 is 0. The number of rotatable bonds is 4. The number of hydrogen-bond acceptors (Lipinski definition) is 4. The topological polar surface area (TPSA) is 79.7 Å². The number of hydrogen-bond donors (Lipinski definition) is 2. The second-order valence-electron chi connectivity index (χ2n) is 7.30. The summed E-state index contributed by atoms with van der Waals surface area (Å²) in [6.07, 6.45) is 1.50. The number of aryl methyl sites for hydroxylation is 1. The monoisotopic (exact) mass is 367 g/mol. The van der Waals surface area contributed by atoms with Gasteiger partial charge in [0.1, 0.15) is 11.5 Å². The molecule has 2 aromatic carbocycles. The summed E-state index contributed by atoms with van der Waals surface area (Å²) in [5.41, 5.74) is 12.5. The van der Waals surface area contributed by atoms with Gasteiger partial charge in [-0.1, -0.05) is 36.4 Å². The molecule has 2 heterocycles. The molecule has 0 atom stereocenters. The standard InChI is InChI=1S/C22H22BN5/c1-15-6-8-19(9-7-15)26-16(2)21-20-13-23(14-24)10-11-28(20)22(27-21)17-4-3-5-18(25)12-17/h3-9,12,26H,2,10-11,13,25H2,1H3. The number of fused-ring (bicyclic) bond motifs is 1. The van der Waals surface area contributed by atoms with Crippen molar-refractivity contribution in [1.82, 2.24) is 9.55 Å². The number of benzene rings is 2. The maximum atomic E-state index is 9.43. The van der Waals surface area contributed by atoms with Crippen molar-refractivity contribution < 1.29 is 0 Å². The molecule has 0 spiro atoms. The highest BCUT2D eigenvalue weighted by Crippen LogP contribution is 2.31. The van der Waals surface area contributed by atoms with Gasteiger partial charge in [0.2, 0.25) is 0 Å². The van der Waals surface area contributed by atoms with Crippen LogP contribution in [0.2, 0.25) is 6.32 Å². The number of nitrogens with two attached hydrogens (primary N) is 1. The number of imidazole rings is 1. The van der Waals surface area contributed by atoms with Crippen LogP contribution in [0.25, 0.3) is 17.1 Å². The zero-order valence-electron chi connectivity index (χ0n) is 15.9. The minimum atomic E-state index is 0.00353. The van der Waals surface area contributed by atoms with E-state index in [4.69, 9.17) is 10.7 Å². The fourth-order valence-corrected chi connectivity index (χ4v) is 3.67. The third kappa shape index (κ3) is 3.39. The molecule has 6 heteroatoms. The number of nitrogens with zero attached hydrogens (tertiary/aromatic N) is 3. The van der Waals surface area contributed by atoms with Gasteiger partial charge in [0, 0.05) is 35.1 Å². The van der Waals surface area contributed by atoms with Gasteiger partial charge in [0.05, 0.1) is 5.70 Å². The molecular formula is C22H22BN5. The lowest BCUT2D eigenvalue weighted by atomic mass is 9.45. The van der Waals surface area contributed by atoms with Crippen LogP contribution < -0.4 is 11.1 Å². The van der Waals surface area contributed by atoms with Gasteiger partial charge in [0.25, 0.3) is 6.71 Å². The van der Waals surface area contributed by atoms with Gasteiger partial charge in [-0.2, -0.15) is 0 Å². The lowest BCUT2D eigenvalue weighted by Gasteiger charge is -2.20. The predicted octanol–water partition coefficient (Wildman–Crippen LogP) is 4.18. The van der Waals surface area contributed by atoms with Crippen LogP contribution in [0.4, 0.5) is 11.4 Å². The molecule has 1 aliphatic heterocycles. The lowest BCUT2D eigenvalue weighted by molar-refractivity contribution is 0.710. The molecule has 0 radical (unpaired) electrons. The minimum Gasteiger partial charge on any atom is -0.399 e. The first-order valence-electron chi connectivity index (χ1n) is 9.43. The summed E-state index contributed by atoms with van der Waals surface area (Å²) in [6, 6.07) is 15.9. The van der Waals surface area contributed by atoms with Gasteiger partial charge in [-0.15, -0.1) is 0 Å². The number of aromatic nitrogens is 2. The average Bonchev–Trinajstić information content (AvgIpc) is 3.08. The van der Waals surface area contributed by atoms with Crippen molar-refractivity contribution in [3.63, 3.8) is 0 Å². The fraction of sp³-hybridized carbons (Fsp3) is 0.182. The Morgan fingerprint density at radius 2 is 2.07 bits per heavy atom. The van der Waals surface area contributed by atoms with Crippen molar-refractivity contribution in [3.8, 4) is 17.4 Å². The van der Waals surface area contributed by atoms with Gasteiger partial charge in [-0.3, -0.25) is 0 Å². The zero-order valence-corrected chi connectivity index (χ0v) is 15.9. The number of nitriles is 1. The second-order valence-corrected chi connectivity index (χ2v) is 7.30. The van der Waals surface area contributed by atoms with E-state index in [9.17, 15) is 5.26 Å². The molecule has 0 amide bonds.